The van der Waals surface area contributed by atoms with Crippen molar-refractivity contribution in [2.75, 3.05) is 6.54 Å². The fraction of sp³-hybridized carbons (Fsp3) is 0.647. The van der Waals surface area contributed by atoms with E-state index in [9.17, 15) is 0 Å². The molecule has 0 amide bonds. The van der Waals surface area contributed by atoms with Gasteiger partial charge in [-0.15, -0.1) is 0 Å². The number of unbranched alkanes of at least 4 members (excludes halogenated alkanes) is 4. The number of halogens is 1. The first kappa shape index (κ1) is 16.7. The van der Waals surface area contributed by atoms with Crippen molar-refractivity contribution in [1.29, 1.82) is 0 Å². The summed E-state index contributed by atoms with van der Waals surface area (Å²) < 4.78 is 1.27. The molecule has 108 valence electrons. The van der Waals surface area contributed by atoms with Crippen molar-refractivity contribution in [3.63, 3.8) is 0 Å². The van der Waals surface area contributed by atoms with Gasteiger partial charge in [-0.2, -0.15) is 0 Å². The molecular weight excluding hydrogens is 298 g/mol. The second-order valence-electron chi connectivity index (χ2n) is 5.29. The molecule has 1 nitrogen and oxygen atoms in total. The normalized spacial score (nSPS) is 12.6. The predicted octanol–water partition coefficient (Wildman–Crippen LogP) is 5.77. The molecule has 1 N–H and O–H groups in total. The predicted molar refractivity (Wildman–Crippen MR) is 88.7 cm³/mol. The highest BCUT2D eigenvalue weighted by Crippen LogP contribution is 2.29. The molecule has 19 heavy (non-hydrogen) atoms. The zero-order valence-corrected chi connectivity index (χ0v) is 14.2. The summed E-state index contributed by atoms with van der Waals surface area (Å²) in [5.41, 5.74) is 2.74. The van der Waals surface area contributed by atoms with Gasteiger partial charge in [0.25, 0.3) is 0 Å². The molecule has 0 saturated carbocycles. The lowest BCUT2D eigenvalue weighted by molar-refractivity contribution is 0.477. The van der Waals surface area contributed by atoms with E-state index in [1.807, 2.05) is 0 Å². The number of nitrogens with one attached hydrogen (secondary N) is 1. The smallest absolute Gasteiger partial charge is 0.0331 e. The van der Waals surface area contributed by atoms with E-state index in [2.05, 4.69) is 60.2 Å². The average molecular weight is 326 g/mol. The maximum atomic E-state index is 3.74. The highest BCUT2D eigenvalue weighted by atomic mass is 79.9. The van der Waals surface area contributed by atoms with Gasteiger partial charge < -0.3 is 5.32 Å². The Labute approximate surface area is 127 Å². The van der Waals surface area contributed by atoms with Gasteiger partial charge >= 0.3 is 0 Å². The number of rotatable bonds is 9. The molecule has 0 bridgehead atoms. The number of hydrogen-bond donors (Lipinski definition) is 1. The van der Waals surface area contributed by atoms with Crippen LogP contribution >= 0.6 is 15.9 Å². The number of aryl methyl sites for hydroxylation is 1. The fourth-order valence-electron chi connectivity index (χ4n) is 2.51. The van der Waals surface area contributed by atoms with E-state index in [1.54, 1.807) is 0 Å². The van der Waals surface area contributed by atoms with Gasteiger partial charge in [-0.1, -0.05) is 80.1 Å². The summed E-state index contributed by atoms with van der Waals surface area (Å²) in [5, 5.41) is 3.63. The van der Waals surface area contributed by atoms with Crippen LogP contribution < -0.4 is 5.32 Å². The molecule has 0 fully saturated rings. The SMILES string of the molecule is CCCCCCCC(NCC)c1cccc(C)c1Br. The van der Waals surface area contributed by atoms with Crippen molar-refractivity contribution < 1.29 is 0 Å². The standard InChI is InChI=1S/C17H28BrN/c1-4-6-7-8-9-13-16(19-5-2)15-12-10-11-14(3)17(15)18/h10-12,16,19H,4-9,13H2,1-3H3. The van der Waals surface area contributed by atoms with Crippen LogP contribution in [0.2, 0.25) is 0 Å². The van der Waals surface area contributed by atoms with Gasteiger partial charge in [0.1, 0.15) is 0 Å². The van der Waals surface area contributed by atoms with Crippen LogP contribution in [0.5, 0.6) is 0 Å². The topological polar surface area (TPSA) is 12.0 Å². The Morgan fingerprint density at radius 2 is 1.84 bits per heavy atom. The molecule has 0 spiro atoms. The Hall–Kier alpha value is -0.340. The molecule has 1 aromatic rings. The van der Waals surface area contributed by atoms with Crippen LogP contribution in [0, 0.1) is 6.92 Å². The second-order valence-corrected chi connectivity index (χ2v) is 6.08. The summed E-state index contributed by atoms with van der Waals surface area (Å²) in [7, 11) is 0. The molecule has 0 aliphatic carbocycles. The van der Waals surface area contributed by atoms with Crippen LogP contribution in [0.3, 0.4) is 0 Å². The molecule has 2 heteroatoms. The molecule has 0 radical (unpaired) electrons. The van der Waals surface area contributed by atoms with Crippen molar-refractivity contribution in [2.45, 2.75) is 65.3 Å². The van der Waals surface area contributed by atoms with Crippen LogP contribution in [0.25, 0.3) is 0 Å². The Kier molecular flexibility index (Phi) is 8.40. The number of benzene rings is 1. The first-order chi connectivity index (χ1) is 9.20. The van der Waals surface area contributed by atoms with Gasteiger partial charge in [-0.25, -0.2) is 0 Å². The maximum absolute atomic E-state index is 3.74. The molecule has 0 aliphatic rings. The molecular formula is C17H28BrN. The maximum Gasteiger partial charge on any atom is 0.0331 e. The highest BCUT2D eigenvalue weighted by molar-refractivity contribution is 9.10. The van der Waals surface area contributed by atoms with Gasteiger partial charge in [-0.3, -0.25) is 0 Å². The lowest BCUT2D eigenvalue weighted by Gasteiger charge is -2.20. The lowest BCUT2D eigenvalue weighted by Crippen LogP contribution is -2.21. The van der Waals surface area contributed by atoms with Gasteiger partial charge in [0.05, 0.1) is 0 Å². The molecule has 1 atom stereocenters. The summed E-state index contributed by atoms with van der Waals surface area (Å²) >= 11 is 3.74. The third-order valence-electron chi connectivity index (χ3n) is 3.64. The zero-order chi connectivity index (χ0) is 14.1. The first-order valence-corrected chi connectivity index (χ1v) is 8.48. The van der Waals surface area contributed by atoms with Crippen molar-refractivity contribution in [3.8, 4) is 0 Å². The second kappa shape index (κ2) is 9.55. The van der Waals surface area contributed by atoms with Crippen LogP contribution in [0.4, 0.5) is 0 Å². The Morgan fingerprint density at radius 3 is 2.53 bits per heavy atom. The van der Waals surface area contributed by atoms with E-state index in [0.717, 1.165) is 6.54 Å². The first-order valence-electron chi connectivity index (χ1n) is 7.69. The third kappa shape index (κ3) is 5.66. The van der Waals surface area contributed by atoms with Crippen molar-refractivity contribution in [2.24, 2.45) is 0 Å². The van der Waals surface area contributed by atoms with Gasteiger partial charge in [0.2, 0.25) is 0 Å². The van der Waals surface area contributed by atoms with E-state index in [4.69, 9.17) is 0 Å². The lowest BCUT2D eigenvalue weighted by atomic mass is 9.98. The molecule has 0 aliphatic heterocycles. The van der Waals surface area contributed by atoms with Gasteiger partial charge in [0, 0.05) is 10.5 Å². The van der Waals surface area contributed by atoms with Gasteiger partial charge in [-0.05, 0) is 31.0 Å². The van der Waals surface area contributed by atoms with Crippen LogP contribution in [-0.2, 0) is 0 Å². The van der Waals surface area contributed by atoms with Gasteiger partial charge in [0.15, 0.2) is 0 Å². The van der Waals surface area contributed by atoms with Crippen LogP contribution in [0.15, 0.2) is 22.7 Å². The van der Waals surface area contributed by atoms with Crippen molar-refractivity contribution in [3.05, 3.63) is 33.8 Å². The summed E-state index contributed by atoms with van der Waals surface area (Å²) in [5.74, 6) is 0. The summed E-state index contributed by atoms with van der Waals surface area (Å²) in [6.07, 6.45) is 7.99. The minimum atomic E-state index is 0.487. The van der Waals surface area contributed by atoms with E-state index in [-0.39, 0.29) is 0 Å². The highest BCUT2D eigenvalue weighted by Gasteiger charge is 2.13. The van der Waals surface area contributed by atoms with Crippen molar-refractivity contribution >= 4 is 15.9 Å². The summed E-state index contributed by atoms with van der Waals surface area (Å²) in [6, 6.07) is 7.06. The minimum Gasteiger partial charge on any atom is -0.310 e. The zero-order valence-electron chi connectivity index (χ0n) is 12.6. The molecule has 1 rings (SSSR count). The Balaban J connectivity index is 2.58. The Bertz CT molecular complexity index is 362. The van der Waals surface area contributed by atoms with E-state index >= 15 is 0 Å². The molecule has 0 heterocycles. The molecule has 1 unspecified atom stereocenters. The average Bonchev–Trinajstić information content (AvgIpc) is 2.41. The Morgan fingerprint density at radius 1 is 1.11 bits per heavy atom. The third-order valence-corrected chi connectivity index (χ3v) is 4.73. The van der Waals surface area contributed by atoms with E-state index in [1.165, 1.54) is 54.1 Å². The van der Waals surface area contributed by atoms with E-state index in [0.29, 0.717) is 6.04 Å². The van der Waals surface area contributed by atoms with Crippen LogP contribution in [0.1, 0.15) is 69.5 Å². The minimum absolute atomic E-state index is 0.487. The van der Waals surface area contributed by atoms with Crippen LogP contribution in [-0.4, -0.2) is 6.54 Å². The summed E-state index contributed by atoms with van der Waals surface area (Å²) in [4.78, 5) is 0. The fourth-order valence-corrected chi connectivity index (χ4v) is 3.05. The molecule has 0 saturated heterocycles. The molecule has 1 aromatic carbocycles. The largest absolute Gasteiger partial charge is 0.310 e. The monoisotopic (exact) mass is 325 g/mol. The quantitative estimate of drug-likeness (QED) is 0.568. The number of hydrogen-bond acceptors (Lipinski definition) is 1. The molecule has 0 aromatic heterocycles. The van der Waals surface area contributed by atoms with Crippen molar-refractivity contribution in [1.82, 2.24) is 5.32 Å². The van der Waals surface area contributed by atoms with E-state index < -0.39 is 0 Å². The summed E-state index contributed by atoms with van der Waals surface area (Å²) in [6.45, 7) is 7.65.